The van der Waals surface area contributed by atoms with Crippen LogP contribution in [-0.2, 0) is 22.6 Å². The molecule has 0 bridgehead atoms. The van der Waals surface area contributed by atoms with Crippen molar-refractivity contribution in [2.75, 3.05) is 6.54 Å². The normalized spacial score (nSPS) is 18.1. The van der Waals surface area contributed by atoms with E-state index < -0.39 is 42.0 Å². The van der Waals surface area contributed by atoms with Crippen molar-refractivity contribution < 1.29 is 29.7 Å². The van der Waals surface area contributed by atoms with Crippen LogP contribution in [0.15, 0.2) is 72.8 Å². The second kappa shape index (κ2) is 13.0. The van der Waals surface area contributed by atoms with E-state index in [-0.39, 0.29) is 37.2 Å². The van der Waals surface area contributed by atoms with E-state index in [0.29, 0.717) is 16.1 Å². The first-order valence-corrected chi connectivity index (χ1v) is 13.3. The Hall–Kier alpha value is -3.92. The molecule has 40 heavy (non-hydrogen) atoms. The van der Waals surface area contributed by atoms with E-state index in [4.69, 9.17) is 11.6 Å². The zero-order valence-electron chi connectivity index (χ0n) is 22.0. The molecule has 0 aliphatic carbocycles. The van der Waals surface area contributed by atoms with Crippen molar-refractivity contribution in [3.63, 3.8) is 0 Å². The molecule has 0 spiro atoms. The molecule has 0 saturated carbocycles. The highest BCUT2D eigenvalue weighted by atomic mass is 35.5. The number of aliphatic hydroxyl groups excluding tert-OH is 2. The van der Waals surface area contributed by atoms with Crippen molar-refractivity contribution in [2.24, 2.45) is 0 Å². The maximum absolute atomic E-state index is 13.6. The fourth-order valence-corrected chi connectivity index (χ4v) is 5.02. The quantitative estimate of drug-likeness (QED) is 0.270. The lowest BCUT2D eigenvalue weighted by Crippen LogP contribution is -2.55. The number of benzene rings is 3. The van der Waals surface area contributed by atoms with Gasteiger partial charge in [0.1, 0.15) is 11.8 Å². The van der Waals surface area contributed by atoms with Crippen LogP contribution in [0.5, 0.6) is 5.75 Å². The number of carbonyl (C=O) groups is 3. The molecule has 3 amide bonds. The van der Waals surface area contributed by atoms with Crippen molar-refractivity contribution >= 4 is 29.3 Å². The van der Waals surface area contributed by atoms with Gasteiger partial charge in [0.2, 0.25) is 5.91 Å². The smallest absolute Gasteiger partial charge is 0.254 e. The number of phenolic OH excluding ortho intramolecular Hbond substituents is 1. The largest absolute Gasteiger partial charge is 0.508 e. The average molecular weight is 566 g/mol. The van der Waals surface area contributed by atoms with Gasteiger partial charge in [-0.05, 0) is 42.7 Å². The van der Waals surface area contributed by atoms with Crippen molar-refractivity contribution in [1.29, 1.82) is 0 Å². The average Bonchev–Trinajstić information content (AvgIpc) is 3.35. The van der Waals surface area contributed by atoms with Gasteiger partial charge in [-0.2, -0.15) is 0 Å². The summed E-state index contributed by atoms with van der Waals surface area (Å²) in [4.78, 5) is 41.0. The number of nitrogens with one attached hydrogen (secondary N) is 2. The van der Waals surface area contributed by atoms with Gasteiger partial charge in [-0.1, -0.05) is 66.2 Å². The lowest BCUT2D eigenvalue weighted by Gasteiger charge is -2.30. The van der Waals surface area contributed by atoms with Gasteiger partial charge >= 0.3 is 0 Å². The number of aromatic hydroxyl groups is 1. The predicted octanol–water partition coefficient (Wildman–Crippen LogP) is 2.33. The number of amides is 3. The summed E-state index contributed by atoms with van der Waals surface area (Å²) in [6.07, 6.45) is -2.54. The molecule has 10 heteroatoms. The number of hydrogen-bond donors (Lipinski definition) is 5. The molecule has 9 nitrogen and oxygen atoms in total. The van der Waals surface area contributed by atoms with Gasteiger partial charge < -0.3 is 30.9 Å². The zero-order valence-corrected chi connectivity index (χ0v) is 22.7. The zero-order chi connectivity index (χ0) is 28.8. The lowest BCUT2D eigenvalue weighted by molar-refractivity contribution is -0.146. The fourth-order valence-electron chi connectivity index (χ4n) is 4.82. The van der Waals surface area contributed by atoms with Crippen LogP contribution in [0, 0.1) is 6.92 Å². The van der Waals surface area contributed by atoms with E-state index in [2.05, 4.69) is 10.6 Å². The maximum Gasteiger partial charge on any atom is 0.254 e. The summed E-state index contributed by atoms with van der Waals surface area (Å²) in [6, 6.07) is 18.5. The summed E-state index contributed by atoms with van der Waals surface area (Å²) in [5.74, 6) is -1.91. The minimum atomic E-state index is -1.72. The molecule has 0 radical (unpaired) electrons. The van der Waals surface area contributed by atoms with Crippen LogP contribution in [0.4, 0.5) is 0 Å². The fraction of sp³-hybridized carbons (Fsp3) is 0.300. The van der Waals surface area contributed by atoms with Gasteiger partial charge in [0.25, 0.3) is 11.8 Å². The standard InChI is InChI=1S/C30H32ClN3O6/c1-18-22(11-7-13-26(18)36)28(38)33-24(14-19-8-3-2-4-9-19)27(37)30(40)34-17-21(35)15-25(34)29(39)32-16-20-10-5-6-12-23(20)31/h2-13,21,24-25,27,35-37H,14-17H2,1H3,(H,32,39)(H,33,38)/t21-,24+,25+,27+/m1/s1. The Bertz CT molecular complexity index is 1370. The summed E-state index contributed by atoms with van der Waals surface area (Å²) in [5, 5.41) is 37.6. The molecule has 5 N–H and O–H groups in total. The van der Waals surface area contributed by atoms with Crippen molar-refractivity contribution in [3.05, 3.63) is 100 Å². The molecule has 1 saturated heterocycles. The third-order valence-corrected chi connectivity index (χ3v) is 7.44. The Morgan fingerprint density at radius 1 is 1.02 bits per heavy atom. The summed E-state index contributed by atoms with van der Waals surface area (Å²) >= 11 is 6.18. The molecule has 3 aromatic carbocycles. The summed E-state index contributed by atoms with van der Waals surface area (Å²) in [5.41, 5.74) is 2.02. The number of carbonyl (C=O) groups excluding carboxylic acids is 3. The van der Waals surface area contributed by atoms with Gasteiger partial charge in [-0.3, -0.25) is 14.4 Å². The molecular weight excluding hydrogens is 534 g/mol. The number of likely N-dealkylation sites (tertiary alicyclic amines) is 1. The molecule has 1 fully saturated rings. The second-order valence-electron chi connectivity index (χ2n) is 9.87. The van der Waals surface area contributed by atoms with Gasteiger partial charge in [0.05, 0.1) is 12.1 Å². The molecule has 4 rings (SSSR count). The number of hydrogen-bond acceptors (Lipinski definition) is 6. The molecule has 0 unspecified atom stereocenters. The SMILES string of the molecule is Cc1c(O)cccc1C(=O)N[C@@H](Cc1ccccc1)[C@H](O)C(=O)N1C[C@H](O)C[C@H]1C(=O)NCc1ccccc1Cl. The van der Waals surface area contributed by atoms with Gasteiger partial charge in [0.15, 0.2) is 6.10 Å². The van der Waals surface area contributed by atoms with E-state index >= 15 is 0 Å². The van der Waals surface area contributed by atoms with Gasteiger partial charge in [-0.15, -0.1) is 0 Å². The van der Waals surface area contributed by atoms with E-state index in [1.54, 1.807) is 55.5 Å². The van der Waals surface area contributed by atoms with E-state index in [1.807, 2.05) is 6.07 Å². The summed E-state index contributed by atoms with van der Waals surface area (Å²) < 4.78 is 0. The third-order valence-electron chi connectivity index (χ3n) is 7.07. The Kier molecular flexibility index (Phi) is 9.42. The molecular formula is C30H32ClN3O6. The number of aliphatic hydroxyl groups is 2. The number of rotatable bonds is 9. The van der Waals surface area contributed by atoms with E-state index in [1.165, 1.54) is 18.2 Å². The molecule has 4 atom stereocenters. The molecule has 0 aromatic heterocycles. The highest BCUT2D eigenvalue weighted by Crippen LogP contribution is 2.23. The first-order valence-electron chi connectivity index (χ1n) is 13.0. The predicted molar refractivity (Wildman–Crippen MR) is 150 cm³/mol. The summed E-state index contributed by atoms with van der Waals surface area (Å²) in [6.45, 7) is 1.58. The molecule has 1 heterocycles. The first-order chi connectivity index (χ1) is 19.2. The minimum absolute atomic E-state index is 0.00497. The maximum atomic E-state index is 13.6. The minimum Gasteiger partial charge on any atom is -0.508 e. The van der Waals surface area contributed by atoms with Crippen LogP contribution in [0.3, 0.4) is 0 Å². The number of nitrogens with zero attached hydrogens (tertiary/aromatic N) is 1. The highest BCUT2D eigenvalue weighted by Gasteiger charge is 2.42. The third kappa shape index (κ3) is 6.80. The van der Waals surface area contributed by atoms with Crippen LogP contribution < -0.4 is 10.6 Å². The topological polar surface area (TPSA) is 139 Å². The van der Waals surface area contributed by atoms with Crippen LogP contribution >= 0.6 is 11.6 Å². The molecule has 3 aromatic rings. The van der Waals surface area contributed by atoms with E-state index in [0.717, 1.165) is 10.5 Å². The van der Waals surface area contributed by atoms with Crippen molar-refractivity contribution in [3.8, 4) is 5.75 Å². The van der Waals surface area contributed by atoms with E-state index in [9.17, 15) is 29.7 Å². The monoisotopic (exact) mass is 565 g/mol. The van der Waals surface area contributed by atoms with Crippen molar-refractivity contribution in [1.82, 2.24) is 15.5 Å². The molecule has 1 aliphatic rings. The van der Waals surface area contributed by atoms with Crippen LogP contribution in [0.2, 0.25) is 5.02 Å². The molecule has 1 aliphatic heterocycles. The number of β-amino-alcohol motifs (C(OH)–C–C–N with tert-alkyl or cyclic N) is 1. The Morgan fingerprint density at radius 3 is 2.45 bits per heavy atom. The van der Waals surface area contributed by atoms with Crippen LogP contribution in [-0.4, -0.2) is 68.8 Å². The van der Waals surface area contributed by atoms with Crippen LogP contribution in [0.1, 0.15) is 33.5 Å². The van der Waals surface area contributed by atoms with Crippen molar-refractivity contribution in [2.45, 2.75) is 50.6 Å². The Labute approximate surface area is 237 Å². The Balaban J connectivity index is 1.52. The first kappa shape index (κ1) is 29.1. The number of halogens is 1. The van der Waals surface area contributed by atoms with Gasteiger partial charge in [0, 0.05) is 35.7 Å². The van der Waals surface area contributed by atoms with Crippen LogP contribution in [0.25, 0.3) is 0 Å². The highest BCUT2D eigenvalue weighted by molar-refractivity contribution is 6.31. The molecule has 210 valence electrons. The lowest BCUT2D eigenvalue weighted by atomic mass is 9.98. The second-order valence-corrected chi connectivity index (χ2v) is 10.3. The summed E-state index contributed by atoms with van der Waals surface area (Å²) in [7, 11) is 0. The number of phenols is 1. The van der Waals surface area contributed by atoms with Gasteiger partial charge in [-0.25, -0.2) is 0 Å². The Morgan fingerprint density at radius 2 is 1.73 bits per heavy atom.